The standard InChI is InChI=1S/C11H12N2O5S/c1-5(2)6-3-7-8(4-9(6)19(16,17)18)12-11(15)13-10(7)14/h3-5H,1-2H3,(H,16,17,18)(H2,12,13,14,15). The average molecular weight is 284 g/mol. The van der Waals surface area contributed by atoms with Crippen LogP contribution in [-0.2, 0) is 10.1 Å². The molecule has 0 bridgehead atoms. The van der Waals surface area contributed by atoms with Gasteiger partial charge < -0.3 is 4.98 Å². The molecule has 1 aromatic carbocycles. The molecule has 1 aromatic heterocycles. The molecule has 8 heteroatoms. The largest absolute Gasteiger partial charge is 0.326 e. The van der Waals surface area contributed by atoms with Crippen molar-refractivity contribution in [2.24, 2.45) is 0 Å². The first kappa shape index (κ1) is 13.5. The molecule has 0 saturated carbocycles. The molecule has 0 aliphatic heterocycles. The Morgan fingerprint density at radius 2 is 1.79 bits per heavy atom. The maximum Gasteiger partial charge on any atom is 0.326 e. The van der Waals surface area contributed by atoms with Gasteiger partial charge in [-0.3, -0.25) is 14.3 Å². The van der Waals surface area contributed by atoms with Crippen LogP contribution in [0.1, 0.15) is 25.3 Å². The van der Waals surface area contributed by atoms with Gasteiger partial charge in [0.1, 0.15) is 0 Å². The van der Waals surface area contributed by atoms with Crippen LogP contribution in [0.4, 0.5) is 0 Å². The summed E-state index contributed by atoms with van der Waals surface area (Å²) in [5.74, 6) is -0.215. The lowest BCUT2D eigenvalue weighted by Gasteiger charge is -2.11. The van der Waals surface area contributed by atoms with Crippen molar-refractivity contribution in [2.45, 2.75) is 24.7 Å². The van der Waals surface area contributed by atoms with Gasteiger partial charge in [0.15, 0.2) is 0 Å². The molecular weight excluding hydrogens is 272 g/mol. The van der Waals surface area contributed by atoms with Gasteiger partial charge in [0.05, 0.1) is 15.8 Å². The molecule has 0 spiro atoms. The van der Waals surface area contributed by atoms with E-state index in [1.165, 1.54) is 6.07 Å². The number of nitrogens with one attached hydrogen (secondary N) is 2. The van der Waals surface area contributed by atoms with Crippen LogP contribution in [0.3, 0.4) is 0 Å². The fraction of sp³-hybridized carbons (Fsp3) is 0.273. The maximum atomic E-state index is 11.6. The van der Waals surface area contributed by atoms with Gasteiger partial charge in [0, 0.05) is 0 Å². The number of H-pyrrole nitrogens is 2. The summed E-state index contributed by atoms with van der Waals surface area (Å²) >= 11 is 0. The molecule has 0 amide bonds. The molecule has 2 aromatic rings. The second kappa shape index (κ2) is 4.32. The summed E-state index contributed by atoms with van der Waals surface area (Å²) in [6, 6.07) is 2.45. The third-order valence-electron chi connectivity index (χ3n) is 2.77. The van der Waals surface area contributed by atoms with E-state index in [4.69, 9.17) is 0 Å². The lowest BCUT2D eigenvalue weighted by Crippen LogP contribution is -2.22. The van der Waals surface area contributed by atoms with Gasteiger partial charge in [-0.05, 0) is 23.6 Å². The van der Waals surface area contributed by atoms with Crippen LogP contribution in [0.2, 0.25) is 0 Å². The van der Waals surface area contributed by atoms with Crippen molar-refractivity contribution in [1.82, 2.24) is 9.97 Å². The first-order valence-electron chi connectivity index (χ1n) is 5.48. The van der Waals surface area contributed by atoms with Gasteiger partial charge in [-0.1, -0.05) is 13.8 Å². The van der Waals surface area contributed by atoms with Crippen molar-refractivity contribution in [3.05, 3.63) is 38.5 Å². The van der Waals surface area contributed by atoms with E-state index in [1.54, 1.807) is 13.8 Å². The van der Waals surface area contributed by atoms with Crippen molar-refractivity contribution in [2.75, 3.05) is 0 Å². The molecule has 19 heavy (non-hydrogen) atoms. The molecule has 102 valence electrons. The number of aromatic amines is 2. The summed E-state index contributed by atoms with van der Waals surface area (Å²) in [4.78, 5) is 26.9. The highest BCUT2D eigenvalue weighted by Gasteiger charge is 2.19. The number of hydrogen-bond acceptors (Lipinski definition) is 4. The Labute approximate surface area is 108 Å². The Balaban J connectivity index is 3.01. The summed E-state index contributed by atoms with van der Waals surface area (Å²) < 4.78 is 31.9. The van der Waals surface area contributed by atoms with Crippen LogP contribution >= 0.6 is 0 Å². The zero-order valence-corrected chi connectivity index (χ0v) is 11.0. The number of rotatable bonds is 2. The van der Waals surface area contributed by atoms with Crippen molar-refractivity contribution < 1.29 is 13.0 Å². The predicted molar refractivity (Wildman–Crippen MR) is 69.1 cm³/mol. The molecule has 0 aliphatic rings. The van der Waals surface area contributed by atoms with Gasteiger partial charge in [-0.2, -0.15) is 8.42 Å². The van der Waals surface area contributed by atoms with Gasteiger partial charge in [-0.15, -0.1) is 0 Å². The van der Waals surface area contributed by atoms with E-state index < -0.39 is 21.4 Å². The Morgan fingerprint density at radius 1 is 1.16 bits per heavy atom. The Morgan fingerprint density at radius 3 is 2.32 bits per heavy atom. The molecule has 1 heterocycles. The lowest BCUT2D eigenvalue weighted by molar-refractivity contribution is 0.481. The van der Waals surface area contributed by atoms with Crippen molar-refractivity contribution in [3.63, 3.8) is 0 Å². The van der Waals surface area contributed by atoms with E-state index in [0.717, 1.165) is 6.07 Å². The monoisotopic (exact) mass is 284 g/mol. The first-order valence-corrected chi connectivity index (χ1v) is 6.92. The minimum atomic E-state index is -4.43. The molecule has 0 atom stereocenters. The smallest absolute Gasteiger partial charge is 0.307 e. The average Bonchev–Trinajstić information content (AvgIpc) is 2.25. The topological polar surface area (TPSA) is 120 Å². The van der Waals surface area contributed by atoms with Crippen LogP contribution < -0.4 is 11.2 Å². The molecule has 0 radical (unpaired) electrons. The van der Waals surface area contributed by atoms with Crippen LogP contribution in [0.15, 0.2) is 26.6 Å². The molecule has 0 saturated heterocycles. The van der Waals surface area contributed by atoms with Crippen molar-refractivity contribution in [1.29, 1.82) is 0 Å². The summed E-state index contributed by atoms with van der Waals surface area (Å²) in [5.41, 5.74) is -0.975. The summed E-state index contributed by atoms with van der Waals surface area (Å²) in [5, 5.41) is 0.163. The van der Waals surface area contributed by atoms with Gasteiger partial charge in [0.25, 0.3) is 15.7 Å². The maximum absolute atomic E-state index is 11.6. The molecule has 7 nitrogen and oxygen atoms in total. The molecule has 0 unspecified atom stereocenters. The summed E-state index contributed by atoms with van der Waals surface area (Å²) in [6.07, 6.45) is 0. The minimum Gasteiger partial charge on any atom is -0.307 e. The first-order chi connectivity index (χ1) is 8.70. The minimum absolute atomic E-state index is 0.0609. The van der Waals surface area contributed by atoms with Gasteiger partial charge >= 0.3 is 5.69 Å². The van der Waals surface area contributed by atoms with E-state index in [2.05, 4.69) is 9.97 Å². The number of benzene rings is 1. The van der Waals surface area contributed by atoms with Crippen LogP contribution in [0.5, 0.6) is 0 Å². The number of hydrogen-bond donors (Lipinski definition) is 3. The normalized spacial score (nSPS) is 12.2. The van der Waals surface area contributed by atoms with E-state index >= 15 is 0 Å². The third kappa shape index (κ3) is 2.45. The molecule has 0 aliphatic carbocycles. The van der Waals surface area contributed by atoms with Gasteiger partial charge in [-0.25, -0.2) is 4.79 Å². The van der Waals surface area contributed by atoms with Crippen LogP contribution in [0.25, 0.3) is 10.9 Å². The summed E-state index contributed by atoms with van der Waals surface area (Å²) in [6.45, 7) is 3.46. The van der Waals surface area contributed by atoms with E-state index in [9.17, 15) is 22.6 Å². The highest BCUT2D eigenvalue weighted by Crippen LogP contribution is 2.26. The SMILES string of the molecule is CC(C)c1cc2c(=O)[nH]c(=O)[nH]c2cc1S(=O)(=O)O. The number of aromatic nitrogens is 2. The highest BCUT2D eigenvalue weighted by atomic mass is 32.2. The van der Waals surface area contributed by atoms with Crippen LogP contribution in [-0.4, -0.2) is 22.9 Å². The van der Waals surface area contributed by atoms with Gasteiger partial charge in [0.2, 0.25) is 0 Å². The lowest BCUT2D eigenvalue weighted by atomic mass is 10.0. The predicted octanol–water partition coefficient (Wildman–Crippen LogP) is 0.587. The molecule has 3 N–H and O–H groups in total. The quantitative estimate of drug-likeness (QED) is 0.697. The van der Waals surface area contributed by atoms with E-state index in [0.29, 0.717) is 5.56 Å². The fourth-order valence-electron chi connectivity index (χ4n) is 1.89. The Kier molecular flexibility index (Phi) is 3.07. The second-order valence-corrected chi connectivity index (χ2v) is 5.86. The highest BCUT2D eigenvalue weighted by molar-refractivity contribution is 7.85. The zero-order chi connectivity index (χ0) is 14.4. The molecule has 2 rings (SSSR count). The molecular formula is C11H12N2O5S. The molecule has 0 fully saturated rings. The Bertz CT molecular complexity index is 861. The van der Waals surface area contributed by atoms with Crippen molar-refractivity contribution in [3.8, 4) is 0 Å². The third-order valence-corrected chi connectivity index (χ3v) is 3.68. The van der Waals surface area contributed by atoms with Crippen molar-refractivity contribution >= 4 is 21.0 Å². The number of fused-ring (bicyclic) bond motifs is 1. The van der Waals surface area contributed by atoms with E-state index in [1.807, 2.05) is 0 Å². The fourth-order valence-corrected chi connectivity index (χ4v) is 2.75. The van der Waals surface area contributed by atoms with Crippen LogP contribution in [0, 0.1) is 0 Å². The second-order valence-electron chi connectivity index (χ2n) is 4.47. The van der Waals surface area contributed by atoms with E-state index in [-0.39, 0.29) is 21.7 Å². The Hall–Kier alpha value is -1.93. The summed E-state index contributed by atoms with van der Waals surface area (Å²) in [7, 11) is -4.43. The zero-order valence-electron chi connectivity index (χ0n) is 10.2.